The first-order chi connectivity index (χ1) is 15.7. The summed E-state index contributed by atoms with van der Waals surface area (Å²) in [5.74, 6) is 0.157. The maximum Gasteiger partial charge on any atom is 0.273 e. The van der Waals surface area contributed by atoms with Crippen molar-refractivity contribution in [3.05, 3.63) is 51.6 Å². The van der Waals surface area contributed by atoms with E-state index < -0.39 is 0 Å². The Balaban J connectivity index is 1.06. The zero-order valence-corrected chi connectivity index (χ0v) is 18.9. The summed E-state index contributed by atoms with van der Waals surface area (Å²) in [6, 6.07) is 6.51. The molecule has 2 amide bonds. The summed E-state index contributed by atoms with van der Waals surface area (Å²) in [7, 11) is 0. The van der Waals surface area contributed by atoms with Crippen LogP contribution in [-0.2, 0) is 12.8 Å². The van der Waals surface area contributed by atoms with Gasteiger partial charge in [0, 0.05) is 72.9 Å². The molecule has 6 rings (SSSR count). The molecular formula is C24H27N5O2S. The number of rotatable bonds is 3. The molecule has 2 aromatic heterocycles. The Bertz CT molecular complexity index is 1160. The van der Waals surface area contributed by atoms with E-state index in [2.05, 4.69) is 27.0 Å². The van der Waals surface area contributed by atoms with Gasteiger partial charge in [-0.1, -0.05) is 0 Å². The molecule has 1 aliphatic carbocycles. The molecule has 0 saturated carbocycles. The number of aryl methyl sites for hydroxylation is 2. The first-order valence-electron chi connectivity index (χ1n) is 11.5. The molecule has 2 saturated heterocycles. The number of aromatic nitrogens is 2. The first kappa shape index (κ1) is 19.9. The van der Waals surface area contributed by atoms with Crippen molar-refractivity contribution in [3.63, 3.8) is 0 Å². The van der Waals surface area contributed by atoms with Crippen molar-refractivity contribution in [1.82, 2.24) is 24.7 Å². The molecule has 1 N–H and O–H groups in total. The van der Waals surface area contributed by atoms with Crippen LogP contribution < -0.4 is 0 Å². The maximum atomic E-state index is 13.1. The molecule has 8 heteroatoms. The number of nitrogens with one attached hydrogen (secondary N) is 1. The standard InChI is InChI=1S/C24H27N5O2S/c30-23(16-5-6-21-19(11-16)18-3-1-2-4-20(18)26-21)29-12-17(13-29)27-7-9-28(10-8-27)24(31)22-14-32-15-25-22/h5-6,11,14-15,17,26H,1-4,7-10,12-13H2. The van der Waals surface area contributed by atoms with Crippen LogP contribution in [0.3, 0.4) is 0 Å². The highest BCUT2D eigenvalue weighted by Crippen LogP contribution is 2.30. The number of H-pyrrole nitrogens is 1. The molecule has 2 aliphatic heterocycles. The van der Waals surface area contributed by atoms with E-state index in [1.165, 1.54) is 40.8 Å². The van der Waals surface area contributed by atoms with E-state index in [4.69, 9.17) is 0 Å². The van der Waals surface area contributed by atoms with Gasteiger partial charge < -0.3 is 14.8 Å². The number of thiazole rings is 1. The molecule has 0 spiro atoms. The number of hydrogen-bond acceptors (Lipinski definition) is 5. The van der Waals surface area contributed by atoms with Crippen molar-refractivity contribution in [2.24, 2.45) is 0 Å². The van der Waals surface area contributed by atoms with Crippen LogP contribution in [-0.4, -0.2) is 81.8 Å². The van der Waals surface area contributed by atoms with Crippen LogP contribution in [0.1, 0.15) is 44.9 Å². The second-order valence-electron chi connectivity index (χ2n) is 9.12. The summed E-state index contributed by atoms with van der Waals surface area (Å²) in [6.07, 6.45) is 4.70. The van der Waals surface area contributed by atoms with Crippen molar-refractivity contribution in [2.75, 3.05) is 39.3 Å². The highest BCUT2D eigenvalue weighted by molar-refractivity contribution is 7.07. The van der Waals surface area contributed by atoms with E-state index in [1.54, 1.807) is 5.51 Å². The molecule has 1 aromatic carbocycles. The van der Waals surface area contributed by atoms with Crippen LogP contribution in [0.5, 0.6) is 0 Å². The number of fused-ring (bicyclic) bond motifs is 3. The van der Waals surface area contributed by atoms with Crippen molar-refractivity contribution in [2.45, 2.75) is 31.7 Å². The minimum absolute atomic E-state index is 0.0265. The van der Waals surface area contributed by atoms with Crippen LogP contribution in [0, 0.1) is 0 Å². The van der Waals surface area contributed by atoms with Gasteiger partial charge in [0.1, 0.15) is 5.69 Å². The summed E-state index contributed by atoms with van der Waals surface area (Å²) in [6.45, 7) is 4.67. The third-order valence-electron chi connectivity index (χ3n) is 7.26. The summed E-state index contributed by atoms with van der Waals surface area (Å²) < 4.78 is 0. The zero-order valence-electron chi connectivity index (χ0n) is 18.0. The molecule has 7 nitrogen and oxygen atoms in total. The van der Waals surface area contributed by atoms with Gasteiger partial charge in [0.15, 0.2) is 0 Å². The minimum Gasteiger partial charge on any atom is -0.358 e. The Hall–Kier alpha value is -2.71. The summed E-state index contributed by atoms with van der Waals surface area (Å²) in [4.78, 5) is 39.5. The Kier molecular flexibility index (Phi) is 4.99. The number of hydrogen-bond donors (Lipinski definition) is 1. The lowest BCUT2D eigenvalue weighted by atomic mass is 9.95. The van der Waals surface area contributed by atoms with Gasteiger partial charge in [-0.15, -0.1) is 11.3 Å². The average Bonchev–Trinajstić information content (AvgIpc) is 3.46. The van der Waals surface area contributed by atoms with E-state index in [9.17, 15) is 9.59 Å². The lowest BCUT2D eigenvalue weighted by molar-refractivity contribution is 0.00845. The topological polar surface area (TPSA) is 72.5 Å². The minimum atomic E-state index is 0.0265. The largest absolute Gasteiger partial charge is 0.358 e. The monoisotopic (exact) mass is 449 g/mol. The first-order valence-corrected chi connectivity index (χ1v) is 12.5. The predicted molar refractivity (Wildman–Crippen MR) is 124 cm³/mol. The number of nitrogens with zero attached hydrogens (tertiary/aromatic N) is 4. The number of aromatic amines is 1. The van der Waals surface area contributed by atoms with Gasteiger partial charge in [-0.2, -0.15) is 0 Å². The van der Waals surface area contributed by atoms with E-state index in [0.29, 0.717) is 11.7 Å². The third kappa shape index (κ3) is 3.42. The van der Waals surface area contributed by atoms with Gasteiger partial charge in [-0.05, 0) is 49.4 Å². The quantitative estimate of drug-likeness (QED) is 0.668. The smallest absolute Gasteiger partial charge is 0.273 e. The number of amides is 2. The summed E-state index contributed by atoms with van der Waals surface area (Å²) >= 11 is 1.45. The van der Waals surface area contributed by atoms with Gasteiger partial charge in [0.25, 0.3) is 11.8 Å². The molecule has 3 aromatic rings. The fourth-order valence-corrected chi connectivity index (χ4v) is 5.87. The Morgan fingerprint density at radius 1 is 1.00 bits per heavy atom. The zero-order chi connectivity index (χ0) is 21.7. The van der Waals surface area contributed by atoms with Gasteiger partial charge in [0.2, 0.25) is 0 Å². The highest BCUT2D eigenvalue weighted by atomic mass is 32.1. The molecule has 3 aliphatic rings. The molecule has 32 heavy (non-hydrogen) atoms. The molecule has 166 valence electrons. The molecular weight excluding hydrogens is 422 g/mol. The van der Waals surface area contributed by atoms with Crippen molar-refractivity contribution >= 4 is 34.1 Å². The summed E-state index contributed by atoms with van der Waals surface area (Å²) in [5.41, 5.74) is 6.96. The van der Waals surface area contributed by atoms with Crippen LogP contribution in [0.25, 0.3) is 10.9 Å². The van der Waals surface area contributed by atoms with Gasteiger partial charge in [-0.25, -0.2) is 4.98 Å². The molecule has 2 fully saturated rings. The lowest BCUT2D eigenvalue weighted by Gasteiger charge is -2.48. The number of benzene rings is 1. The number of carbonyl (C=O) groups is 2. The second kappa shape index (κ2) is 8.01. The van der Waals surface area contributed by atoms with Crippen LogP contribution >= 0.6 is 11.3 Å². The fraction of sp³-hybridized carbons (Fsp3) is 0.458. The molecule has 0 radical (unpaired) electrons. The average molecular weight is 450 g/mol. The van der Waals surface area contributed by atoms with Gasteiger partial charge in [0.05, 0.1) is 5.51 Å². The Morgan fingerprint density at radius 2 is 1.81 bits per heavy atom. The number of piperazine rings is 1. The van der Waals surface area contributed by atoms with Crippen LogP contribution in [0.15, 0.2) is 29.1 Å². The van der Waals surface area contributed by atoms with Crippen LogP contribution in [0.2, 0.25) is 0 Å². The van der Waals surface area contributed by atoms with Crippen molar-refractivity contribution in [3.8, 4) is 0 Å². The van der Waals surface area contributed by atoms with Gasteiger partial charge in [-0.3, -0.25) is 14.5 Å². The van der Waals surface area contributed by atoms with Gasteiger partial charge >= 0.3 is 0 Å². The van der Waals surface area contributed by atoms with E-state index in [-0.39, 0.29) is 11.8 Å². The molecule has 4 heterocycles. The third-order valence-corrected chi connectivity index (χ3v) is 7.85. The van der Waals surface area contributed by atoms with E-state index in [1.807, 2.05) is 21.2 Å². The predicted octanol–water partition coefficient (Wildman–Crippen LogP) is 2.79. The Labute approximate surface area is 191 Å². The maximum absolute atomic E-state index is 13.1. The highest BCUT2D eigenvalue weighted by Gasteiger charge is 2.37. The van der Waals surface area contributed by atoms with E-state index >= 15 is 0 Å². The normalized spacial score (nSPS) is 19.8. The van der Waals surface area contributed by atoms with Crippen molar-refractivity contribution in [1.29, 1.82) is 0 Å². The molecule has 0 atom stereocenters. The SMILES string of the molecule is O=C(c1ccc2[nH]c3c(c2c1)CCCC3)N1CC(N2CCN(C(=O)c3cscn3)CC2)C1. The number of likely N-dealkylation sites (tertiary alicyclic amines) is 1. The fourth-order valence-electron chi connectivity index (χ4n) is 5.34. The number of carbonyl (C=O) groups excluding carboxylic acids is 2. The lowest BCUT2D eigenvalue weighted by Crippen LogP contribution is -2.64. The summed E-state index contributed by atoms with van der Waals surface area (Å²) in [5, 5.41) is 3.04. The van der Waals surface area contributed by atoms with E-state index in [0.717, 1.165) is 63.2 Å². The Morgan fingerprint density at radius 3 is 2.59 bits per heavy atom. The second-order valence-corrected chi connectivity index (χ2v) is 9.83. The van der Waals surface area contributed by atoms with Crippen molar-refractivity contribution < 1.29 is 9.59 Å². The molecule has 0 unspecified atom stereocenters. The molecule has 0 bridgehead atoms. The van der Waals surface area contributed by atoms with Crippen LogP contribution in [0.4, 0.5) is 0 Å².